The fourth-order valence-electron chi connectivity index (χ4n) is 1.89. The number of rotatable bonds is 3. The molecule has 0 atom stereocenters. The zero-order valence-corrected chi connectivity index (χ0v) is 12.1. The first-order chi connectivity index (χ1) is 9.22. The van der Waals surface area contributed by atoms with Crippen LogP contribution in [0.1, 0.15) is 11.3 Å². The van der Waals surface area contributed by atoms with E-state index in [9.17, 15) is 0 Å². The molecular weight excluding hydrogens is 304 g/mol. The molecule has 0 aliphatic rings. The second-order valence-corrected chi connectivity index (χ2v) is 5.27. The molecule has 3 aromatic rings. The highest BCUT2D eigenvalue weighted by atomic mass is 79.9. The van der Waals surface area contributed by atoms with Crippen LogP contribution in [0.15, 0.2) is 46.9 Å². The Hall–Kier alpha value is -1.88. The van der Waals surface area contributed by atoms with Crippen molar-refractivity contribution in [2.45, 2.75) is 13.5 Å². The Morgan fingerprint density at radius 2 is 1.95 bits per heavy atom. The van der Waals surface area contributed by atoms with E-state index >= 15 is 0 Å². The minimum atomic E-state index is 0.650. The monoisotopic (exact) mass is 316 g/mol. The van der Waals surface area contributed by atoms with E-state index in [1.807, 2.05) is 41.8 Å². The second kappa shape index (κ2) is 5.01. The van der Waals surface area contributed by atoms with Crippen LogP contribution >= 0.6 is 15.9 Å². The summed E-state index contributed by atoms with van der Waals surface area (Å²) < 4.78 is 2.92. The van der Waals surface area contributed by atoms with Crippen molar-refractivity contribution in [3.05, 3.63) is 58.2 Å². The first-order valence-electron chi connectivity index (χ1n) is 6.03. The maximum absolute atomic E-state index is 4.44. The minimum absolute atomic E-state index is 0.650. The molecule has 0 bridgehead atoms. The number of aromatic nitrogens is 3. The van der Waals surface area contributed by atoms with Gasteiger partial charge in [-0.05, 0) is 36.8 Å². The van der Waals surface area contributed by atoms with Crippen molar-refractivity contribution >= 4 is 27.5 Å². The van der Waals surface area contributed by atoms with E-state index in [0.717, 1.165) is 15.8 Å². The molecule has 0 amide bonds. The predicted molar refractivity (Wildman–Crippen MR) is 79.2 cm³/mol. The maximum Gasteiger partial charge on any atom is 0.243 e. The van der Waals surface area contributed by atoms with Crippen molar-refractivity contribution in [1.29, 1.82) is 0 Å². The summed E-state index contributed by atoms with van der Waals surface area (Å²) in [7, 11) is 0. The second-order valence-electron chi connectivity index (χ2n) is 4.35. The van der Waals surface area contributed by atoms with Gasteiger partial charge in [-0.3, -0.25) is 0 Å². The molecule has 2 heterocycles. The van der Waals surface area contributed by atoms with Gasteiger partial charge in [-0.2, -0.15) is 4.98 Å². The summed E-state index contributed by atoms with van der Waals surface area (Å²) in [6.45, 7) is 2.73. The summed E-state index contributed by atoms with van der Waals surface area (Å²) in [5, 5.41) is 7.67. The zero-order valence-electron chi connectivity index (χ0n) is 10.5. The van der Waals surface area contributed by atoms with Crippen LogP contribution in [0.25, 0.3) is 5.65 Å². The van der Waals surface area contributed by atoms with Crippen LogP contribution in [0, 0.1) is 6.92 Å². The van der Waals surface area contributed by atoms with Gasteiger partial charge in [-0.25, -0.2) is 4.52 Å². The lowest BCUT2D eigenvalue weighted by Crippen LogP contribution is -2.01. The summed E-state index contributed by atoms with van der Waals surface area (Å²) >= 11 is 3.42. The smallest absolute Gasteiger partial charge is 0.243 e. The third kappa shape index (κ3) is 2.61. The highest BCUT2D eigenvalue weighted by Gasteiger charge is 2.04. The topological polar surface area (TPSA) is 42.2 Å². The van der Waals surface area contributed by atoms with Gasteiger partial charge >= 0.3 is 0 Å². The molecule has 0 saturated heterocycles. The molecular formula is C14H13BrN4. The largest absolute Gasteiger partial charge is 0.349 e. The molecule has 19 heavy (non-hydrogen) atoms. The molecule has 0 spiro atoms. The Morgan fingerprint density at radius 1 is 1.16 bits per heavy atom. The number of fused-ring (bicyclic) bond motifs is 1. The van der Waals surface area contributed by atoms with E-state index in [2.05, 4.69) is 43.5 Å². The van der Waals surface area contributed by atoms with Gasteiger partial charge in [0.1, 0.15) is 0 Å². The van der Waals surface area contributed by atoms with Crippen LogP contribution in [0.2, 0.25) is 0 Å². The number of benzene rings is 1. The third-order valence-electron chi connectivity index (χ3n) is 2.91. The molecule has 1 N–H and O–H groups in total. The lowest BCUT2D eigenvalue weighted by Gasteiger charge is -2.01. The number of aryl methyl sites for hydroxylation is 1. The lowest BCUT2D eigenvalue weighted by molar-refractivity contribution is 0.909. The zero-order chi connectivity index (χ0) is 13.2. The van der Waals surface area contributed by atoms with E-state index in [1.54, 1.807) is 0 Å². The Kier molecular flexibility index (Phi) is 3.21. The van der Waals surface area contributed by atoms with E-state index in [4.69, 9.17) is 0 Å². The minimum Gasteiger partial charge on any atom is -0.349 e. The normalized spacial score (nSPS) is 10.8. The molecule has 2 aromatic heterocycles. The number of nitrogens with one attached hydrogen (secondary N) is 1. The molecule has 1 aromatic carbocycles. The third-order valence-corrected chi connectivity index (χ3v) is 3.44. The van der Waals surface area contributed by atoms with Gasteiger partial charge in [-0.15, -0.1) is 5.10 Å². The van der Waals surface area contributed by atoms with Gasteiger partial charge in [0.05, 0.1) is 0 Å². The fraction of sp³-hybridized carbons (Fsp3) is 0.143. The quantitative estimate of drug-likeness (QED) is 0.805. The number of hydrogen-bond donors (Lipinski definition) is 1. The lowest BCUT2D eigenvalue weighted by atomic mass is 10.2. The molecule has 0 aliphatic heterocycles. The van der Waals surface area contributed by atoms with E-state index in [0.29, 0.717) is 12.5 Å². The summed E-state index contributed by atoms with van der Waals surface area (Å²) in [5.74, 6) is 0.650. The summed E-state index contributed by atoms with van der Waals surface area (Å²) in [5.41, 5.74) is 3.12. The van der Waals surface area contributed by atoms with E-state index in [1.165, 1.54) is 5.56 Å². The number of anilines is 1. The molecule has 0 unspecified atom stereocenters. The van der Waals surface area contributed by atoms with Gasteiger partial charge in [-0.1, -0.05) is 34.1 Å². The van der Waals surface area contributed by atoms with Crippen molar-refractivity contribution in [2.24, 2.45) is 0 Å². The standard InChI is InChI=1S/C14H13BrN4/c1-10-3-2-4-13-17-14(18-19(10)13)16-9-11-5-7-12(15)8-6-11/h2-8H,9H2,1H3,(H,16,18). The van der Waals surface area contributed by atoms with Gasteiger partial charge < -0.3 is 5.32 Å². The highest BCUT2D eigenvalue weighted by molar-refractivity contribution is 9.10. The molecule has 5 heteroatoms. The van der Waals surface area contributed by atoms with E-state index < -0.39 is 0 Å². The van der Waals surface area contributed by atoms with E-state index in [-0.39, 0.29) is 0 Å². The van der Waals surface area contributed by atoms with Gasteiger partial charge in [0.25, 0.3) is 0 Å². The maximum atomic E-state index is 4.44. The summed E-state index contributed by atoms with van der Waals surface area (Å²) in [6.07, 6.45) is 0. The first-order valence-corrected chi connectivity index (χ1v) is 6.82. The van der Waals surface area contributed by atoms with Crippen molar-refractivity contribution < 1.29 is 0 Å². The van der Waals surface area contributed by atoms with Crippen molar-refractivity contribution in [1.82, 2.24) is 14.6 Å². The Labute approximate surface area is 119 Å². The fourth-order valence-corrected chi connectivity index (χ4v) is 2.16. The van der Waals surface area contributed by atoms with Crippen molar-refractivity contribution in [2.75, 3.05) is 5.32 Å². The number of hydrogen-bond acceptors (Lipinski definition) is 3. The SMILES string of the molecule is Cc1cccc2nc(NCc3ccc(Br)cc3)nn12. The van der Waals surface area contributed by atoms with Gasteiger partial charge in [0.15, 0.2) is 5.65 Å². The average Bonchev–Trinajstić information content (AvgIpc) is 2.83. The van der Waals surface area contributed by atoms with Crippen LogP contribution in [0.5, 0.6) is 0 Å². The van der Waals surface area contributed by atoms with Crippen LogP contribution in [-0.4, -0.2) is 14.6 Å². The van der Waals surface area contributed by atoms with Gasteiger partial charge in [0.2, 0.25) is 5.95 Å². The molecule has 96 valence electrons. The molecule has 0 radical (unpaired) electrons. The molecule has 0 saturated carbocycles. The van der Waals surface area contributed by atoms with Gasteiger partial charge in [0, 0.05) is 16.7 Å². The van der Waals surface area contributed by atoms with Crippen molar-refractivity contribution in [3.63, 3.8) is 0 Å². The van der Waals surface area contributed by atoms with Crippen LogP contribution in [0.4, 0.5) is 5.95 Å². The van der Waals surface area contributed by atoms with Crippen LogP contribution in [-0.2, 0) is 6.54 Å². The summed E-state index contributed by atoms with van der Waals surface area (Å²) in [6, 6.07) is 14.1. The highest BCUT2D eigenvalue weighted by Crippen LogP contribution is 2.12. The average molecular weight is 317 g/mol. The Bertz CT molecular complexity index is 703. The van der Waals surface area contributed by atoms with Crippen LogP contribution < -0.4 is 5.32 Å². The van der Waals surface area contributed by atoms with Crippen molar-refractivity contribution in [3.8, 4) is 0 Å². The molecule has 3 rings (SSSR count). The Balaban J connectivity index is 1.78. The molecule has 0 fully saturated rings. The summed E-state index contributed by atoms with van der Waals surface area (Å²) in [4.78, 5) is 4.44. The number of pyridine rings is 1. The number of halogens is 1. The molecule has 4 nitrogen and oxygen atoms in total. The number of nitrogens with zero attached hydrogens (tertiary/aromatic N) is 3. The Morgan fingerprint density at radius 3 is 2.68 bits per heavy atom. The predicted octanol–water partition coefficient (Wildman–Crippen LogP) is 3.41. The molecule has 0 aliphatic carbocycles. The first kappa shape index (κ1) is 12.2. The van der Waals surface area contributed by atoms with Crippen LogP contribution in [0.3, 0.4) is 0 Å².